The summed E-state index contributed by atoms with van der Waals surface area (Å²) in [5.74, 6) is 0.737. The number of carbonyl (C=O) groups is 1. The third kappa shape index (κ3) is 3.54. The predicted molar refractivity (Wildman–Crippen MR) is 98.2 cm³/mol. The predicted octanol–water partition coefficient (Wildman–Crippen LogP) is 3.12. The van der Waals surface area contributed by atoms with Gasteiger partial charge in [0.1, 0.15) is 5.82 Å². The molecule has 2 aliphatic heterocycles. The highest BCUT2D eigenvalue weighted by Gasteiger charge is 2.31. The van der Waals surface area contributed by atoms with Crippen LogP contribution in [-0.2, 0) is 4.79 Å². The van der Waals surface area contributed by atoms with Crippen LogP contribution in [0.25, 0.3) is 11.1 Å². The molecule has 0 spiro atoms. The minimum Gasteiger partial charge on any atom is -0.342 e. The number of hydrogen-bond donors (Lipinski definition) is 0. The normalized spacial score (nSPS) is 20.4. The van der Waals surface area contributed by atoms with Crippen molar-refractivity contribution in [2.45, 2.75) is 25.7 Å². The van der Waals surface area contributed by atoms with Crippen LogP contribution in [0.5, 0.6) is 0 Å². The molecule has 0 N–H and O–H groups in total. The number of anilines is 1. The molecule has 2 aliphatic rings. The summed E-state index contributed by atoms with van der Waals surface area (Å²) in [6.45, 7) is 3.36. The van der Waals surface area contributed by atoms with Crippen molar-refractivity contribution in [2.24, 2.45) is 5.92 Å². The van der Waals surface area contributed by atoms with E-state index in [0.29, 0.717) is 12.5 Å². The molecule has 2 aromatic rings. The number of carbonyl (C=O) groups excluding carboxylic acids is 1. The second-order valence-electron chi connectivity index (χ2n) is 7.10. The van der Waals surface area contributed by atoms with E-state index in [1.165, 1.54) is 12.1 Å². The number of aromatic nitrogens is 2. The molecule has 6 heteroatoms. The van der Waals surface area contributed by atoms with E-state index < -0.39 is 0 Å². The van der Waals surface area contributed by atoms with Gasteiger partial charge in [0, 0.05) is 44.1 Å². The van der Waals surface area contributed by atoms with Crippen molar-refractivity contribution < 1.29 is 9.18 Å². The van der Waals surface area contributed by atoms with Gasteiger partial charge in [-0.25, -0.2) is 14.4 Å². The number of halogens is 1. The van der Waals surface area contributed by atoms with Gasteiger partial charge >= 0.3 is 0 Å². The summed E-state index contributed by atoms with van der Waals surface area (Å²) < 4.78 is 13.1. The lowest BCUT2D eigenvalue weighted by molar-refractivity contribution is -0.134. The third-order valence-electron chi connectivity index (χ3n) is 5.29. The van der Waals surface area contributed by atoms with Gasteiger partial charge in [-0.05, 0) is 43.4 Å². The Balaban J connectivity index is 1.45. The molecule has 1 atom stereocenters. The van der Waals surface area contributed by atoms with Crippen LogP contribution in [-0.4, -0.2) is 47.0 Å². The van der Waals surface area contributed by atoms with E-state index in [4.69, 9.17) is 0 Å². The highest BCUT2D eigenvalue weighted by Crippen LogP contribution is 2.25. The van der Waals surface area contributed by atoms with Crippen molar-refractivity contribution in [2.75, 3.05) is 31.1 Å². The molecule has 5 nitrogen and oxygen atoms in total. The van der Waals surface area contributed by atoms with Gasteiger partial charge in [-0.3, -0.25) is 4.79 Å². The average Bonchev–Trinajstić information content (AvgIpc) is 3.23. The average molecular weight is 354 g/mol. The van der Waals surface area contributed by atoms with Gasteiger partial charge in [0.05, 0.1) is 5.92 Å². The molecule has 1 aromatic carbocycles. The van der Waals surface area contributed by atoms with Crippen LogP contribution in [0.2, 0.25) is 0 Å². The third-order valence-corrected chi connectivity index (χ3v) is 5.29. The van der Waals surface area contributed by atoms with Gasteiger partial charge in [-0.15, -0.1) is 0 Å². The molecule has 136 valence electrons. The van der Waals surface area contributed by atoms with E-state index in [1.54, 1.807) is 24.5 Å². The van der Waals surface area contributed by atoms with Crippen molar-refractivity contribution >= 4 is 11.9 Å². The second-order valence-corrected chi connectivity index (χ2v) is 7.10. The SMILES string of the molecule is O=C([C@@H]1CCCN(c2ncc(-c3ccc(F)cc3)cn2)C1)N1CCCC1. The first-order valence-electron chi connectivity index (χ1n) is 9.32. The van der Waals surface area contributed by atoms with Crippen LogP contribution < -0.4 is 4.90 Å². The summed E-state index contributed by atoms with van der Waals surface area (Å²) in [7, 11) is 0. The first-order valence-corrected chi connectivity index (χ1v) is 9.32. The number of amides is 1. The van der Waals surface area contributed by atoms with Crippen LogP contribution in [0.3, 0.4) is 0 Å². The molecule has 0 saturated carbocycles. The Morgan fingerprint density at radius 1 is 0.962 bits per heavy atom. The summed E-state index contributed by atoms with van der Waals surface area (Å²) in [6.07, 6.45) is 7.70. The lowest BCUT2D eigenvalue weighted by Gasteiger charge is -2.33. The number of nitrogens with zero attached hydrogens (tertiary/aromatic N) is 4. The van der Waals surface area contributed by atoms with Crippen molar-refractivity contribution in [1.29, 1.82) is 0 Å². The molecular weight excluding hydrogens is 331 g/mol. The Hall–Kier alpha value is -2.50. The summed E-state index contributed by atoms with van der Waals surface area (Å²) in [5.41, 5.74) is 1.74. The fourth-order valence-electron chi connectivity index (χ4n) is 3.83. The van der Waals surface area contributed by atoms with Crippen LogP contribution in [0.1, 0.15) is 25.7 Å². The molecule has 26 heavy (non-hydrogen) atoms. The summed E-state index contributed by atoms with van der Waals surface area (Å²) in [6, 6.07) is 6.31. The van der Waals surface area contributed by atoms with E-state index in [2.05, 4.69) is 14.9 Å². The van der Waals surface area contributed by atoms with E-state index in [-0.39, 0.29) is 17.6 Å². The lowest BCUT2D eigenvalue weighted by atomic mass is 9.97. The number of piperidine rings is 1. The quantitative estimate of drug-likeness (QED) is 0.850. The monoisotopic (exact) mass is 354 g/mol. The van der Waals surface area contributed by atoms with Gasteiger partial charge in [0.25, 0.3) is 0 Å². The Morgan fingerprint density at radius 2 is 1.65 bits per heavy atom. The van der Waals surface area contributed by atoms with E-state index >= 15 is 0 Å². The minimum atomic E-state index is -0.256. The number of likely N-dealkylation sites (tertiary alicyclic amines) is 1. The van der Waals surface area contributed by atoms with Gasteiger partial charge in [0.15, 0.2) is 0 Å². The van der Waals surface area contributed by atoms with Crippen LogP contribution in [0, 0.1) is 11.7 Å². The van der Waals surface area contributed by atoms with Crippen molar-refractivity contribution in [3.05, 3.63) is 42.5 Å². The number of rotatable bonds is 3. The Kier molecular flexibility index (Phi) is 4.82. The van der Waals surface area contributed by atoms with Crippen LogP contribution >= 0.6 is 0 Å². The maximum Gasteiger partial charge on any atom is 0.227 e. The molecule has 1 aromatic heterocycles. The molecule has 1 amide bonds. The van der Waals surface area contributed by atoms with Crippen LogP contribution in [0.15, 0.2) is 36.7 Å². The summed E-state index contributed by atoms with van der Waals surface area (Å²) in [4.78, 5) is 25.8. The van der Waals surface area contributed by atoms with Crippen LogP contribution in [0.4, 0.5) is 10.3 Å². The Labute approximate surface area is 152 Å². The first kappa shape index (κ1) is 16.9. The fraction of sp³-hybridized carbons (Fsp3) is 0.450. The fourth-order valence-corrected chi connectivity index (χ4v) is 3.83. The second kappa shape index (κ2) is 7.40. The largest absolute Gasteiger partial charge is 0.342 e. The van der Waals surface area contributed by atoms with Crippen molar-refractivity contribution in [3.63, 3.8) is 0 Å². The molecule has 0 unspecified atom stereocenters. The standard InChI is InChI=1S/C20H23FN4O/c21-18-7-5-15(6-8-18)17-12-22-20(23-13-17)25-11-3-4-16(14-25)19(26)24-9-1-2-10-24/h5-8,12-13,16H,1-4,9-11,14H2/t16-/m1/s1. The van der Waals surface area contributed by atoms with Crippen molar-refractivity contribution in [1.82, 2.24) is 14.9 Å². The van der Waals surface area contributed by atoms with E-state index in [9.17, 15) is 9.18 Å². The molecule has 0 bridgehead atoms. The zero-order valence-corrected chi connectivity index (χ0v) is 14.8. The summed E-state index contributed by atoms with van der Waals surface area (Å²) in [5, 5.41) is 0. The Morgan fingerprint density at radius 3 is 2.35 bits per heavy atom. The maximum atomic E-state index is 13.1. The topological polar surface area (TPSA) is 49.3 Å². The maximum absolute atomic E-state index is 13.1. The zero-order chi connectivity index (χ0) is 17.9. The smallest absolute Gasteiger partial charge is 0.227 e. The molecular formula is C20H23FN4O. The number of hydrogen-bond acceptors (Lipinski definition) is 4. The van der Waals surface area contributed by atoms with Gasteiger partial charge < -0.3 is 9.80 Å². The molecule has 3 heterocycles. The van der Waals surface area contributed by atoms with E-state index in [1.807, 2.05) is 4.90 Å². The minimum absolute atomic E-state index is 0.0437. The molecule has 2 saturated heterocycles. The molecule has 0 aliphatic carbocycles. The van der Waals surface area contributed by atoms with Gasteiger partial charge in [-0.1, -0.05) is 12.1 Å². The number of benzene rings is 1. The van der Waals surface area contributed by atoms with Gasteiger partial charge in [-0.2, -0.15) is 0 Å². The highest BCUT2D eigenvalue weighted by atomic mass is 19.1. The first-order chi connectivity index (χ1) is 12.7. The highest BCUT2D eigenvalue weighted by molar-refractivity contribution is 5.80. The zero-order valence-electron chi connectivity index (χ0n) is 14.8. The lowest BCUT2D eigenvalue weighted by Crippen LogP contribution is -2.44. The summed E-state index contributed by atoms with van der Waals surface area (Å²) >= 11 is 0. The molecule has 0 radical (unpaired) electrons. The molecule has 4 rings (SSSR count). The van der Waals surface area contributed by atoms with E-state index in [0.717, 1.165) is 56.4 Å². The van der Waals surface area contributed by atoms with Gasteiger partial charge in [0.2, 0.25) is 11.9 Å². The molecule has 2 fully saturated rings. The van der Waals surface area contributed by atoms with Crippen molar-refractivity contribution in [3.8, 4) is 11.1 Å². The Bertz CT molecular complexity index is 756.